The van der Waals surface area contributed by atoms with E-state index in [1.54, 1.807) is 0 Å². The molecule has 2 heteroatoms. The SMILES string of the molecule is CC1=CC(c2ccccn2)N(C)C1. The van der Waals surface area contributed by atoms with Crippen LogP contribution in [0.5, 0.6) is 0 Å². The Balaban J connectivity index is 2.27. The highest BCUT2D eigenvalue weighted by molar-refractivity contribution is 5.22. The minimum absolute atomic E-state index is 0.376. The summed E-state index contributed by atoms with van der Waals surface area (Å²) in [6, 6.07) is 6.45. The van der Waals surface area contributed by atoms with Gasteiger partial charge in [0.05, 0.1) is 11.7 Å². The molecule has 0 saturated carbocycles. The molecule has 2 rings (SSSR count). The van der Waals surface area contributed by atoms with Crippen molar-refractivity contribution in [2.45, 2.75) is 13.0 Å². The largest absolute Gasteiger partial charge is 0.291 e. The number of rotatable bonds is 1. The first-order valence-electron chi connectivity index (χ1n) is 4.56. The first kappa shape index (κ1) is 8.45. The van der Waals surface area contributed by atoms with Gasteiger partial charge in [-0.1, -0.05) is 17.7 Å². The molecule has 0 aromatic carbocycles. The average Bonchev–Trinajstić information content (AvgIpc) is 2.47. The van der Waals surface area contributed by atoms with Crippen LogP contribution in [0.15, 0.2) is 36.0 Å². The van der Waals surface area contributed by atoms with Gasteiger partial charge in [0.15, 0.2) is 0 Å². The lowest BCUT2D eigenvalue weighted by Crippen LogP contribution is -2.19. The summed E-state index contributed by atoms with van der Waals surface area (Å²) < 4.78 is 0. The van der Waals surface area contributed by atoms with Gasteiger partial charge in [-0.2, -0.15) is 0 Å². The second-order valence-electron chi connectivity index (χ2n) is 3.63. The summed E-state index contributed by atoms with van der Waals surface area (Å²) in [5, 5.41) is 0. The normalized spacial score (nSPS) is 23.2. The van der Waals surface area contributed by atoms with E-state index in [-0.39, 0.29) is 0 Å². The molecule has 0 saturated heterocycles. The Labute approximate surface area is 78.9 Å². The lowest BCUT2D eigenvalue weighted by Gasteiger charge is -2.17. The van der Waals surface area contributed by atoms with Crippen molar-refractivity contribution in [3.05, 3.63) is 41.7 Å². The smallest absolute Gasteiger partial charge is 0.0709 e. The molecule has 1 aliphatic heterocycles. The average molecular weight is 174 g/mol. The number of aromatic nitrogens is 1. The Kier molecular flexibility index (Phi) is 2.15. The maximum atomic E-state index is 4.36. The number of nitrogens with zero attached hydrogens (tertiary/aromatic N) is 2. The highest BCUT2D eigenvalue weighted by Gasteiger charge is 2.21. The summed E-state index contributed by atoms with van der Waals surface area (Å²) in [5.74, 6) is 0. The Morgan fingerprint density at radius 1 is 1.46 bits per heavy atom. The van der Waals surface area contributed by atoms with Crippen LogP contribution in [0, 0.1) is 0 Å². The van der Waals surface area contributed by atoms with E-state index < -0.39 is 0 Å². The highest BCUT2D eigenvalue weighted by Crippen LogP contribution is 2.26. The van der Waals surface area contributed by atoms with E-state index in [0.717, 1.165) is 12.2 Å². The van der Waals surface area contributed by atoms with Crippen LogP contribution in [0.4, 0.5) is 0 Å². The lowest BCUT2D eigenvalue weighted by atomic mass is 10.2. The van der Waals surface area contributed by atoms with Gasteiger partial charge in [0.2, 0.25) is 0 Å². The number of hydrogen-bond donors (Lipinski definition) is 0. The van der Waals surface area contributed by atoms with Gasteiger partial charge in [-0.25, -0.2) is 0 Å². The standard InChI is InChI=1S/C11H14N2/c1-9-7-11(13(2)8-9)10-5-3-4-6-12-10/h3-7,11H,8H2,1-2H3. The fourth-order valence-electron chi connectivity index (χ4n) is 1.80. The van der Waals surface area contributed by atoms with Crippen molar-refractivity contribution in [2.24, 2.45) is 0 Å². The van der Waals surface area contributed by atoms with Gasteiger partial charge < -0.3 is 0 Å². The quantitative estimate of drug-likeness (QED) is 0.605. The predicted octanol–water partition coefficient (Wildman–Crippen LogP) is 2.01. The molecule has 0 spiro atoms. The Bertz CT molecular complexity index is 316. The molecule has 68 valence electrons. The molecule has 0 amide bonds. The molecular formula is C11H14N2. The zero-order chi connectivity index (χ0) is 9.26. The Morgan fingerprint density at radius 2 is 2.31 bits per heavy atom. The van der Waals surface area contributed by atoms with Crippen LogP contribution in [0.25, 0.3) is 0 Å². The van der Waals surface area contributed by atoms with Crippen molar-refractivity contribution in [1.29, 1.82) is 0 Å². The van der Waals surface area contributed by atoms with Crippen LogP contribution in [0.3, 0.4) is 0 Å². The summed E-state index contributed by atoms with van der Waals surface area (Å²) in [4.78, 5) is 6.66. The van der Waals surface area contributed by atoms with Gasteiger partial charge in [0.1, 0.15) is 0 Å². The van der Waals surface area contributed by atoms with Gasteiger partial charge >= 0.3 is 0 Å². The van der Waals surface area contributed by atoms with Crippen molar-refractivity contribution in [1.82, 2.24) is 9.88 Å². The maximum Gasteiger partial charge on any atom is 0.0709 e. The second-order valence-corrected chi connectivity index (χ2v) is 3.63. The maximum absolute atomic E-state index is 4.36. The minimum atomic E-state index is 0.376. The summed E-state index contributed by atoms with van der Waals surface area (Å²) >= 11 is 0. The van der Waals surface area contributed by atoms with E-state index in [1.807, 2.05) is 18.3 Å². The molecule has 0 N–H and O–H groups in total. The molecule has 2 heterocycles. The van der Waals surface area contributed by atoms with Crippen molar-refractivity contribution in [3.8, 4) is 0 Å². The molecular weight excluding hydrogens is 160 g/mol. The second kappa shape index (κ2) is 3.30. The molecule has 1 aliphatic rings. The van der Waals surface area contributed by atoms with E-state index in [1.165, 1.54) is 5.57 Å². The van der Waals surface area contributed by atoms with Crippen molar-refractivity contribution < 1.29 is 0 Å². The molecule has 1 unspecified atom stereocenters. The zero-order valence-electron chi connectivity index (χ0n) is 8.07. The Hall–Kier alpha value is -1.15. The first-order valence-corrected chi connectivity index (χ1v) is 4.56. The van der Waals surface area contributed by atoms with E-state index >= 15 is 0 Å². The summed E-state index contributed by atoms with van der Waals surface area (Å²) in [5.41, 5.74) is 2.57. The molecule has 13 heavy (non-hydrogen) atoms. The van der Waals surface area contributed by atoms with Crippen LogP contribution in [-0.4, -0.2) is 23.5 Å². The van der Waals surface area contributed by atoms with Gasteiger partial charge in [0, 0.05) is 12.7 Å². The third-order valence-electron chi connectivity index (χ3n) is 2.41. The molecule has 1 atom stereocenters. The molecule has 2 nitrogen and oxygen atoms in total. The van der Waals surface area contributed by atoms with Crippen molar-refractivity contribution >= 4 is 0 Å². The van der Waals surface area contributed by atoms with Gasteiger partial charge in [-0.15, -0.1) is 0 Å². The van der Waals surface area contributed by atoms with Gasteiger partial charge in [0.25, 0.3) is 0 Å². The van der Waals surface area contributed by atoms with Gasteiger partial charge in [-0.05, 0) is 26.1 Å². The summed E-state index contributed by atoms with van der Waals surface area (Å²) in [6.07, 6.45) is 4.13. The van der Waals surface area contributed by atoms with Crippen molar-refractivity contribution in [2.75, 3.05) is 13.6 Å². The van der Waals surface area contributed by atoms with Crippen LogP contribution < -0.4 is 0 Å². The van der Waals surface area contributed by atoms with E-state index in [9.17, 15) is 0 Å². The monoisotopic (exact) mass is 174 g/mol. The minimum Gasteiger partial charge on any atom is -0.291 e. The van der Waals surface area contributed by atoms with Crippen LogP contribution in [0.2, 0.25) is 0 Å². The first-order chi connectivity index (χ1) is 6.27. The van der Waals surface area contributed by atoms with Crippen molar-refractivity contribution in [3.63, 3.8) is 0 Å². The molecule has 0 fully saturated rings. The number of likely N-dealkylation sites (N-methyl/N-ethyl adjacent to an activating group) is 1. The highest BCUT2D eigenvalue weighted by atomic mass is 15.1. The van der Waals surface area contributed by atoms with Crippen LogP contribution in [-0.2, 0) is 0 Å². The lowest BCUT2D eigenvalue weighted by molar-refractivity contribution is 0.331. The molecule has 1 aromatic heterocycles. The fourth-order valence-corrected chi connectivity index (χ4v) is 1.80. The molecule has 0 aliphatic carbocycles. The summed E-state index contributed by atoms with van der Waals surface area (Å²) in [7, 11) is 2.13. The Morgan fingerprint density at radius 3 is 2.85 bits per heavy atom. The topological polar surface area (TPSA) is 16.1 Å². The summed E-state index contributed by atoms with van der Waals surface area (Å²) in [6.45, 7) is 3.22. The van der Waals surface area contributed by atoms with Gasteiger partial charge in [-0.3, -0.25) is 9.88 Å². The van der Waals surface area contributed by atoms with Crippen LogP contribution >= 0.6 is 0 Å². The fraction of sp³-hybridized carbons (Fsp3) is 0.364. The molecule has 0 radical (unpaired) electrons. The molecule has 0 bridgehead atoms. The van der Waals surface area contributed by atoms with E-state index in [2.05, 4.69) is 36.0 Å². The third-order valence-corrected chi connectivity index (χ3v) is 2.41. The molecule has 1 aromatic rings. The van der Waals surface area contributed by atoms with E-state index in [4.69, 9.17) is 0 Å². The zero-order valence-corrected chi connectivity index (χ0v) is 8.07. The van der Waals surface area contributed by atoms with Crippen LogP contribution in [0.1, 0.15) is 18.7 Å². The third kappa shape index (κ3) is 1.63. The predicted molar refractivity (Wildman–Crippen MR) is 53.4 cm³/mol. The number of hydrogen-bond acceptors (Lipinski definition) is 2. The number of pyridine rings is 1. The van der Waals surface area contributed by atoms with E-state index in [0.29, 0.717) is 6.04 Å².